The van der Waals surface area contributed by atoms with Crippen LogP contribution in [-0.4, -0.2) is 40.0 Å². The Morgan fingerprint density at radius 1 is 0.926 bits per heavy atom. The zero-order chi connectivity index (χ0) is 19.1. The summed E-state index contributed by atoms with van der Waals surface area (Å²) in [6.07, 6.45) is 10.1. The fourth-order valence-corrected chi connectivity index (χ4v) is 5.37. The lowest BCUT2D eigenvalue weighted by molar-refractivity contribution is -0.890. The predicted octanol–water partition coefficient (Wildman–Crippen LogP) is 1.69. The van der Waals surface area contributed by atoms with Crippen molar-refractivity contribution in [3.05, 3.63) is 24.3 Å². The quantitative estimate of drug-likeness (QED) is 0.687. The van der Waals surface area contributed by atoms with Crippen LogP contribution in [0.4, 0.5) is 5.69 Å². The van der Waals surface area contributed by atoms with Gasteiger partial charge >= 0.3 is 0 Å². The Labute approximate surface area is 162 Å². The van der Waals surface area contributed by atoms with E-state index in [2.05, 4.69) is 10.0 Å². The SMILES string of the molecule is O=C(C[NH+]1CCCCCC1)Nc1ccc(S(=O)(=O)NC2CCCCC2)cc1. The Kier molecular flexibility index (Phi) is 7.26. The summed E-state index contributed by atoms with van der Waals surface area (Å²) in [5.74, 6) is -0.0113. The van der Waals surface area contributed by atoms with Gasteiger partial charge in [-0.15, -0.1) is 0 Å². The van der Waals surface area contributed by atoms with Crippen molar-refractivity contribution in [2.24, 2.45) is 0 Å². The second kappa shape index (κ2) is 9.66. The molecule has 1 heterocycles. The molecule has 0 unspecified atom stereocenters. The molecule has 1 aromatic rings. The van der Waals surface area contributed by atoms with Gasteiger partial charge in [-0.2, -0.15) is 0 Å². The molecule has 150 valence electrons. The Balaban J connectivity index is 1.53. The minimum Gasteiger partial charge on any atom is -0.327 e. The van der Waals surface area contributed by atoms with Gasteiger partial charge in [0.1, 0.15) is 0 Å². The van der Waals surface area contributed by atoms with E-state index in [1.807, 2.05) is 0 Å². The summed E-state index contributed by atoms with van der Waals surface area (Å²) in [7, 11) is -3.50. The van der Waals surface area contributed by atoms with Gasteiger partial charge in [-0.3, -0.25) is 4.79 Å². The van der Waals surface area contributed by atoms with Crippen LogP contribution in [0.5, 0.6) is 0 Å². The molecule has 1 aliphatic carbocycles. The highest BCUT2D eigenvalue weighted by Crippen LogP contribution is 2.20. The molecule has 0 spiro atoms. The normalized spacial score (nSPS) is 20.1. The van der Waals surface area contributed by atoms with Gasteiger partial charge in [0.05, 0.1) is 18.0 Å². The molecule has 1 saturated carbocycles. The fourth-order valence-electron chi connectivity index (χ4n) is 4.06. The van der Waals surface area contributed by atoms with E-state index in [-0.39, 0.29) is 16.8 Å². The first-order valence-electron chi connectivity index (χ1n) is 10.3. The maximum atomic E-state index is 12.5. The smallest absolute Gasteiger partial charge is 0.279 e. The van der Waals surface area contributed by atoms with Crippen LogP contribution >= 0.6 is 0 Å². The first-order chi connectivity index (χ1) is 13.0. The first-order valence-corrected chi connectivity index (χ1v) is 11.8. The molecule has 3 rings (SSSR count). The number of sulfonamides is 1. The number of anilines is 1. The number of carbonyl (C=O) groups excluding carboxylic acids is 1. The topological polar surface area (TPSA) is 79.7 Å². The molecule has 1 aliphatic heterocycles. The molecule has 2 fully saturated rings. The van der Waals surface area contributed by atoms with Crippen molar-refractivity contribution >= 4 is 21.6 Å². The summed E-state index contributed by atoms with van der Waals surface area (Å²) in [4.78, 5) is 13.9. The van der Waals surface area contributed by atoms with Crippen molar-refractivity contribution in [1.82, 2.24) is 4.72 Å². The second-order valence-electron chi connectivity index (χ2n) is 7.87. The minimum absolute atomic E-state index is 0.0113. The molecule has 0 bridgehead atoms. The van der Waals surface area contributed by atoms with Crippen molar-refractivity contribution in [1.29, 1.82) is 0 Å². The lowest BCUT2D eigenvalue weighted by atomic mass is 9.96. The summed E-state index contributed by atoms with van der Waals surface area (Å²) in [6.45, 7) is 2.58. The number of carbonyl (C=O) groups is 1. The Morgan fingerprint density at radius 3 is 2.15 bits per heavy atom. The zero-order valence-corrected chi connectivity index (χ0v) is 16.8. The van der Waals surface area contributed by atoms with Crippen LogP contribution < -0.4 is 14.9 Å². The van der Waals surface area contributed by atoms with Gasteiger partial charge in [-0.1, -0.05) is 19.3 Å². The van der Waals surface area contributed by atoms with Gasteiger partial charge in [0, 0.05) is 11.7 Å². The highest BCUT2D eigenvalue weighted by molar-refractivity contribution is 7.89. The summed E-state index contributed by atoms with van der Waals surface area (Å²) in [5, 5.41) is 2.89. The van der Waals surface area contributed by atoms with Crippen LogP contribution in [0.15, 0.2) is 29.2 Å². The molecule has 3 N–H and O–H groups in total. The third kappa shape index (κ3) is 6.30. The van der Waals surface area contributed by atoms with Crippen molar-refractivity contribution < 1.29 is 18.1 Å². The van der Waals surface area contributed by atoms with Gasteiger partial charge in [0.2, 0.25) is 10.0 Å². The summed E-state index contributed by atoms with van der Waals surface area (Å²) in [5.41, 5.74) is 0.644. The van der Waals surface area contributed by atoms with Gasteiger partial charge in [0.25, 0.3) is 5.91 Å². The average Bonchev–Trinajstić information content (AvgIpc) is 2.91. The van der Waals surface area contributed by atoms with Crippen LogP contribution in [0.25, 0.3) is 0 Å². The zero-order valence-electron chi connectivity index (χ0n) is 16.0. The third-order valence-electron chi connectivity index (χ3n) is 5.60. The number of hydrogen-bond donors (Lipinski definition) is 3. The number of benzene rings is 1. The molecule has 0 atom stereocenters. The van der Waals surface area contributed by atoms with Gasteiger partial charge in [-0.05, 0) is 62.8 Å². The van der Waals surface area contributed by atoms with Crippen LogP contribution in [0.1, 0.15) is 57.8 Å². The molecule has 6 nitrogen and oxygen atoms in total. The molecule has 0 aromatic heterocycles. The highest BCUT2D eigenvalue weighted by Gasteiger charge is 2.22. The number of nitrogens with one attached hydrogen (secondary N) is 3. The molecule has 2 aliphatic rings. The maximum Gasteiger partial charge on any atom is 0.279 e. The monoisotopic (exact) mass is 394 g/mol. The first kappa shape index (κ1) is 20.3. The van der Waals surface area contributed by atoms with Crippen molar-refractivity contribution in [3.63, 3.8) is 0 Å². The Hall–Kier alpha value is -1.44. The Morgan fingerprint density at radius 2 is 1.52 bits per heavy atom. The molecular weight excluding hydrogens is 362 g/mol. The minimum atomic E-state index is -3.50. The van der Waals surface area contributed by atoms with E-state index < -0.39 is 10.0 Å². The fraction of sp³-hybridized carbons (Fsp3) is 0.650. The van der Waals surface area contributed by atoms with E-state index >= 15 is 0 Å². The van der Waals surface area contributed by atoms with Crippen molar-refractivity contribution in [3.8, 4) is 0 Å². The summed E-state index contributed by atoms with van der Waals surface area (Å²) < 4.78 is 27.9. The third-order valence-corrected chi connectivity index (χ3v) is 7.13. The number of likely N-dealkylation sites (tertiary alicyclic amines) is 1. The van der Waals surface area contributed by atoms with Crippen molar-refractivity contribution in [2.75, 3.05) is 25.0 Å². The Bertz CT molecular complexity index is 704. The molecule has 1 aromatic carbocycles. The van der Waals surface area contributed by atoms with E-state index in [1.54, 1.807) is 24.3 Å². The number of rotatable bonds is 6. The molecule has 27 heavy (non-hydrogen) atoms. The van der Waals surface area contributed by atoms with Crippen LogP contribution in [0.2, 0.25) is 0 Å². The van der Waals surface area contributed by atoms with Crippen LogP contribution in [0, 0.1) is 0 Å². The lowest BCUT2D eigenvalue weighted by Crippen LogP contribution is -3.12. The number of amides is 1. The predicted molar refractivity (Wildman–Crippen MR) is 106 cm³/mol. The van der Waals surface area contributed by atoms with Gasteiger partial charge in [-0.25, -0.2) is 13.1 Å². The van der Waals surface area contributed by atoms with Crippen LogP contribution in [-0.2, 0) is 14.8 Å². The van der Waals surface area contributed by atoms with E-state index in [9.17, 15) is 13.2 Å². The molecule has 7 heteroatoms. The van der Waals surface area contributed by atoms with Gasteiger partial charge in [0.15, 0.2) is 6.54 Å². The summed E-state index contributed by atoms with van der Waals surface area (Å²) >= 11 is 0. The summed E-state index contributed by atoms with van der Waals surface area (Å²) in [6, 6.07) is 6.52. The van der Waals surface area contributed by atoms with E-state index in [0.717, 1.165) is 38.8 Å². The van der Waals surface area contributed by atoms with Gasteiger partial charge < -0.3 is 10.2 Å². The second-order valence-corrected chi connectivity index (χ2v) is 9.58. The lowest BCUT2D eigenvalue weighted by Gasteiger charge is -2.22. The molecule has 0 radical (unpaired) electrons. The maximum absolute atomic E-state index is 12.5. The molecule has 1 amide bonds. The number of quaternary nitrogens is 1. The van der Waals surface area contributed by atoms with Crippen molar-refractivity contribution in [2.45, 2.75) is 68.7 Å². The highest BCUT2D eigenvalue weighted by atomic mass is 32.2. The molecular formula is C20H32N3O3S+. The van der Waals surface area contributed by atoms with Crippen LogP contribution in [0.3, 0.4) is 0 Å². The van der Waals surface area contributed by atoms with E-state index in [1.165, 1.54) is 37.0 Å². The average molecular weight is 395 g/mol. The standard InChI is InChI=1S/C20H31N3O3S/c24-20(16-23-14-6-1-2-7-15-23)21-17-10-12-19(13-11-17)27(25,26)22-18-8-4-3-5-9-18/h10-13,18,22H,1-9,14-16H2,(H,21,24)/p+1. The number of hydrogen-bond acceptors (Lipinski definition) is 3. The van der Waals surface area contributed by atoms with E-state index in [0.29, 0.717) is 12.2 Å². The largest absolute Gasteiger partial charge is 0.327 e. The molecule has 1 saturated heterocycles. The van der Waals surface area contributed by atoms with E-state index in [4.69, 9.17) is 0 Å².